The molecule has 0 unspecified atom stereocenters. The minimum absolute atomic E-state index is 0.335. The summed E-state index contributed by atoms with van der Waals surface area (Å²) in [5.74, 6) is -0.815. The van der Waals surface area contributed by atoms with Crippen LogP contribution in [-0.2, 0) is 9.53 Å². The van der Waals surface area contributed by atoms with Crippen molar-refractivity contribution in [3.8, 4) is 0 Å². The molecule has 0 spiro atoms. The predicted octanol–water partition coefficient (Wildman–Crippen LogP) is 2.18. The van der Waals surface area contributed by atoms with Gasteiger partial charge in [-0.3, -0.25) is 4.79 Å². The third-order valence-corrected chi connectivity index (χ3v) is 2.19. The van der Waals surface area contributed by atoms with Gasteiger partial charge in [-0.15, -0.1) is 0 Å². The van der Waals surface area contributed by atoms with Gasteiger partial charge in [0.2, 0.25) is 0 Å². The molecule has 15 heavy (non-hydrogen) atoms. The van der Waals surface area contributed by atoms with Crippen molar-refractivity contribution in [3.05, 3.63) is 48.3 Å². The van der Waals surface area contributed by atoms with Gasteiger partial charge in [-0.25, -0.2) is 0 Å². The van der Waals surface area contributed by atoms with Crippen LogP contribution in [0.1, 0.15) is 17.0 Å². The Morgan fingerprint density at radius 1 is 1.20 bits per heavy atom. The van der Waals surface area contributed by atoms with E-state index in [-0.39, 0.29) is 5.97 Å². The second-order valence-corrected chi connectivity index (χ2v) is 3.07. The Morgan fingerprint density at radius 3 is 2.07 bits per heavy atom. The molecule has 4 nitrogen and oxygen atoms in total. The summed E-state index contributed by atoms with van der Waals surface area (Å²) in [5, 5.41) is 0. The number of hydrogen-bond donors (Lipinski definition) is 0. The van der Waals surface area contributed by atoms with Crippen molar-refractivity contribution in [3.63, 3.8) is 0 Å². The quantitative estimate of drug-likeness (QED) is 0.722. The molecule has 0 saturated carbocycles. The Balaban J connectivity index is 2.37. The van der Waals surface area contributed by atoms with Crippen LogP contribution in [0.5, 0.6) is 0 Å². The summed E-state index contributed by atoms with van der Waals surface area (Å²) in [6.07, 6.45) is 6.08. The Bertz CT molecular complexity index is 379. The molecule has 0 saturated heterocycles. The molecular formula is C11H10O4. The van der Waals surface area contributed by atoms with Crippen molar-refractivity contribution >= 4 is 5.97 Å². The Hall–Kier alpha value is -1.97. The number of furan rings is 2. The number of methoxy groups -OCH3 is 1. The Morgan fingerprint density at radius 2 is 1.73 bits per heavy atom. The lowest BCUT2D eigenvalue weighted by atomic mass is 9.96. The fourth-order valence-corrected chi connectivity index (χ4v) is 1.46. The molecule has 0 bridgehead atoms. The molecular weight excluding hydrogens is 196 g/mol. The molecule has 2 aromatic rings. The minimum atomic E-state index is -0.479. The summed E-state index contributed by atoms with van der Waals surface area (Å²) in [6, 6.07) is 3.46. The van der Waals surface area contributed by atoms with Crippen LogP contribution in [0.3, 0.4) is 0 Å². The first kappa shape index (κ1) is 9.58. The van der Waals surface area contributed by atoms with Gasteiger partial charge in [-0.05, 0) is 12.1 Å². The van der Waals surface area contributed by atoms with Crippen molar-refractivity contribution < 1.29 is 18.4 Å². The molecule has 78 valence electrons. The van der Waals surface area contributed by atoms with E-state index in [4.69, 9.17) is 13.6 Å². The topological polar surface area (TPSA) is 52.6 Å². The van der Waals surface area contributed by atoms with Gasteiger partial charge in [0.15, 0.2) is 0 Å². The molecule has 0 N–H and O–H groups in total. The van der Waals surface area contributed by atoms with E-state index in [1.165, 1.54) is 32.2 Å². The highest BCUT2D eigenvalue weighted by Gasteiger charge is 2.25. The van der Waals surface area contributed by atoms with Crippen LogP contribution in [0, 0.1) is 0 Å². The highest BCUT2D eigenvalue weighted by atomic mass is 16.5. The highest BCUT2D eigenvalue weighted by molar-refractivity contribution is 5.81. The van der Waals surface area contributed by atoms with Crippen LogP contribution in [0.15, 0.2) is 46.0 Å². The maximum Gasteiger partial charge on any atom is 0.317 e. The average molecular weight is 206 g/mol. The molecule has 0 amide bonds. The van der Waals surface area contributed by atoms with Gasteiger partial charge < -0.3 is 13.6 Å². The lowest BCUT2D eigenvalue weighted by molar-refractivity contribution is -0.141. The summed E-state index contributed by atoms with van der Waals surface area (Å²) in [6.45, 7) is 0. The summed E-state index contributed by atoms with van der Waals surface area (Å²) in [4.78, 5) is 11.6. The normalized spacial score (nSPS) is 10.5. The molecule has 0 aliphatic rings. The molecule has 0 radical (unpaired) electrons. The monoisotopic (exact) mass is 206 g/mol. The maximum absolute atomic E-state index is 11.6. The van der Waals surface area contributed by atoms with Crippen LogP contribution in [-0.4, -0.2) is 13.1 Å². The van der Waals surface area contributed by atoms with Gasteiger partial charge in [0, 0.05) is 11.1 Å². The number of rotatable bonds is 3. The van der Waals surface area contributed by atoms with Crippen molar-refractivity contribution in [2.45, 2.75) is 5.92 Å². The summed E-state index contributed by atoms with van der Waals surface area (Å²) in [7, 11) is 1.36. The molecule has 4 heteroatoms. The zero-order valence-electron chi connectivity index (χ0n) is 8.17. The summed E-state index contributed by atoms with van der Waals surface area (Å²) < 4.78 is 14.6. The first-order valence-corrected chi connectivity index (χ1v) is 4.45. The van der Waals surface area contributed by atoms with E-state index in [0.717, 1.165) is 11.1 Å². The number of hydrogen-bond acceptors (Lipinski definition) is 4. The molecule has 0 aromatic carbocycles. The SMILES string of the molecule is COC(=O)C(c1ccoc1)c1ccoc1. The van der Waals surface area contributed by atoms with Crippen LogP contribution < -0.4 is 0 Å². The average Bonchev–Trinajstić information content (AvgIpc) is 2.90. The van der Waals surface area contributed by atoms with Gasteiger partial charge in [0.1, 0.15) is 5.92 Å². The third kappa shape index (κ3) is 1.79. The predicted molar refractivity (Wildman–Crippen MR) is 51.3 cm³/mol. The van der Waals surface area contributed by atoms with Crippen molar-refractivity contribution in [2.75, 3.05) is 7.11 Å². The summed E-state index contributed by atoms with van der Waals surface area (Å²) >= 11 is 0. The van der Waals surface area contributed by atoms with Gasteiger partial charge >= 0.3 is 5.97 Å². The standard InChI is InChI=1S/C11H10O4/c1-13-11(12)10(8-2-4-14-6-8)9-3-5-15-7-9/h2-7,10H,1H3. The first-order chi connectivity index (χ1) is 7.33. The number of carbonyl (C=O) groups is 1. The molecule has 2 aromatic heterocycles. The fourth-order valence-electron chi connectivity index (χ4n) is 1.46. The Labute approximate surface area is 86.4 Å². The smallest absolute Gasteiger partial charge is 0.317 e. The van der Waals surface area contributed by atoms with Crippen molar-refractivity contribution in [1.82, 2.24) is 0 Å². The first-order valence-electron chi connectivity index (χ1n) is 4.45. The van der Waals surface area contributed by atoms with E-state index in [2.05, 4.69) is 0 Å². The maximum atomic E-state index is 11.6. The summed E-state index contributed by atoms with van der Waals surface area (Å²) in [5.41, 5.74) is 1.51. The molecule has 2 heterocycles. The molecule has 0 aliphatic carbocycles. The van der Waals surface area contributed by atoms with E-state index in [1.54, 1.807) is 12.1 Å². The van der Waals surface area contributed by atoms with Gasteiger partial charge in [0.05, 0.1) is 32.2 Å². The lowest BCUT2D eigenvalue weighted by Crippen LogP contribution is -2.14. The third-order valence-electron chi connectivity index (χ3n) is 2.19. The largest absolute Gasteiger partial charge is 0.472 e. The number of ether oxygens (including phenoxy) is 1. The molecule has 2 rings (SSSR count). The van der Waals surface area contributed by atoms with Crippen molar-refractivity contribution in [1.29, 1.82) is 0 Å². The number of carbonyl (C=O) groups excluding carboxylic acids is 1. The number of esters is 1. The second-order valence-electron chi connectivity index (χ2n) is 3.07. The van der Waals surface area contributed by atoms with E-state index in [1.807, 2.05) is 0 Å². The van der Waals surface area contributed by atoms with Gasteiger partial charge in [-0.2, -0.15) is 0 Å². The van der Waals surface area contributed by atoms with E-state index < -0.39 is 5.92 Å². The highest BCUT2D eigenvalue weighted by Crippen LogP contribution is 2.26. The van der Waals surface area contributed by atoms with Gasteiger partial charge in [-0.1, -0.05) is 0 Å². The zero-order chi connectivity index (χ0) is 10.7. The van der Waals surface area contributed by atoms with E-state index in [0.29, 0.717) is 0 Å². The lowest BCUT2D eigenvalue weighted by Gasteiger charge is -2.09. The van der Waals surface area contributed by atoms with E-state index >= 15 is 0 Å². The van der Waals surface area contributed by atoms with Gasteiger partial charge in [0.25, 0.3) is 0 Å². The Kier molecular flexibility index (Phi) is 2.58. The molecule has 0 atom stereocenters. The van der Waals surface area contributed by atoms with Crippen LogP contribution in [0.4, 0.5) is 0 Å². The minimum Gasteiger partial charge on any atom is -0.472 e. The molecule has 0 aliphatic heterocycles. The second kappa shape index (κ2) is 4.04. The van der Waals surface area contributed by atoms with Crippen LogP contribution in [0.25, 0.3) is 0 Å². The fraction of sp³-hybridized carbons (Fsp3) is 0.182. The molecule has 0 fully saturated rings. The van der Waals surface area contributed by atoms with Crippen LogP contribution >= 0.6 is 0 Å². The van der Waals surface area contributed by atoms with Crippen molar-refractivity contribution in [2.24, 2.45) is 0 Å². The zero-order valence-corrected chi connectivity index (χ0v) is 8.17. The van der Waals surface area contributed by atoms with E-state index in [9.17, 15) is 4.79 Å². The van der Waals surface area contributed by atoms with Crippen LogP contribution in [0.2, 0.25) is 0 Å².